The topological polar surface area (TPSA) is 69.7 Å². The fraction of sp³-hybridized carbons (Fsp3) is 0.318. The smallest absolute Gasteiger partial charge is 0.338 e. The third kappa shape index (κ3) is 4.82. The zero-order valence-corrected chi connectivity index (χ0v) is 15.1. The minimum Gasteiger partial charge on any atom is -0.461 e. The van der Waals surface area contributed by atoms with Crippen LogP contribution < -0.4 is 0 Å². The Morgan fingerprint density at radius 1 is 0.852 bits per heavy atom. The summed E-state index contributed by atoms with van der Waals surface area (Å²) in [6.45, 7) is 0.0730. The predicted molar refractivity (Wildman–Crippen MR) is 98.9 cm³/mol. The molecule has 5 heteroatoms. The molecular formula is C22H22O5. The molecule has 3 rings (SSSR count). The first kappa shape index (κ1) is 18.8. The number of ether oxygens (including phenoxy) is 2. The first-order valence-corrected chi connectivity index (χ1v) is 9.04. The number of esters is 2. The molecule has 0 spiro atoms. The van der Waals surface area contributed by atoms with Crippen molar-refractivity contribution in [3.8, 4) is 0 Å². The maximum atomic E-state index is 12.8. The summed E-state index contributed by atoms with van der Waals surface area (Å²) < 4.78 is 10.9. The average molecular weight is 366 g/mol. The molecule has 0 N–H and O–H groups in total. The van der Waals surface area contributed by atoms with Crippen LogP contribution >= 0.6 is 0 Å². The zero-order valence-electron chi connectivity index (χ0n) is 15.1. The molecule has 0 bridgehead atoms. The van der Waals surface area contributed by atoms with Gasteiger partial charge in [-0.05, 0) is 30.5 Å². The summed E-state index contributed by atoms with van der Waals surface area (Å²) >= 11 is 0. The summed E-state index contributed by atoms with van der Waals surface area (Å²) in [6.07, 6.45) is 1.26. The van der Waals surface area contributed by atoms with Gasteiger partial charge in [0.15, 0.2) is 0 Å². The summed E-state index contributed by atoms with van der Waals surface area (Å²) in [5.74, 6) is -0.779. The van der Waals surface area contributed by atoms with Crippen LogP contribution in [-0.4, -0.2) is 24.3 Å². The highest BCUT2D eigenvalue weighted by Gasteiger charge is 2.44. The number of Topliss-reactive ketones (excluding diaryl/α,β-unsaturated/α-hetero) is 1. The van der Waals surface area contributed by atoms with Crippen molar-refractivity contribution in [2.75, 3.05) is 6.61 Å². The second-order valence-corrected chi connectivity index (χ2v) is 6.82. The maximum absolute atomic E-state index is 12.8. The first-order chi connectivity index (χ1) is 13.1. The van der Waals surface area contributed by atoms with Gasteiger partial charge in [-0.3, -0.25) is 9.59 Å². The highest BCUT2D eigenvalue weighted by molar-refractivity contribution is 5.90. The number of ketones is 1. The van der Waals surface area contributed by atoms with Crippen LogP contribution in [0.5, 0.6) is 0 Å². The molecule has 140 valence electrons. The van der Waals surface area contributed by atoms with Crippen LogP contribution in [-0.2, 0) is 25.7 Å². The van der Waals surface area contributed by atoms with E-state index in [1.54, 1.807) is 24.3 Å². The summed E-state index contributed by atoms with van der Waals surface area (Å²) in [5, 5.41) is 0. The predicted octanol–water partition coefficient (Wildman–Crippen LogP) is 3.72. The van der Waals surface area contributed by atoms with E-state index < -0.39 is 17.4 Å². The van der Waals surface area contributed by atoms with Gasteiger partial charge in [0.05, 0.1) is 5.56 Å². The Kier molecular flexibility index (Phi) is 6.01. The van der Waals surface area contributed by atoms with E-state index in [4.69, 9.17) is 9.47 Å². The van der Waals surface area contributed by atoms with Gasteiger partial charge in [0, 0.05) is 12.8 Å². The van der Waals surface area contributed by atoms with Gasteiger partial charge in [0.1, 0.15) is 24.4 Å². The highest BCUT2D eigenvalue weighted by Crippen LogP contribution is 2.37. The zero-order chi connectivity index (χ0) is 19.1. The Morgan fingerprint density at radius 3 is 2.07 bits per heavy atom. The van der Waals surface area contributed by atoms with Crippen molar-refractivity contribution in [1.82, 2.24) is 0 Å². The molecule has 0 amide bonds. The molecule has 0 aromatic heterocycles. The van der Waals surface area contributed by atoms with Gasteiger partial charge in [-0.15, -0.1) is 0 Å². The molecule has 1 saturated carbocycles. The lowest BCUT2D eigenvalue weighted by Crippen LogP contribution is -2.41. The van der Waals surface area contributed by atoms with Crippen molar-refractivity contribution in [2.24, 2.45) is 5.41 Å². The molecule has 0 radical (unpaired) electrons. The molecular weight excluding hydrogens is 344 g/mol. The van der Waals surface area contributed by atoms with E-state index in [1.807, 2.05) is 36.4 Å². The van der Waals surface area contributed by atoms with Gasteiger partial charge in [-0.1, -0.05) is 48.5 Å². The molecule has 0 unspecified atom stereocenters. The molecule has 2 aromatic rings. The van der Waals surface area contributed by atoms with Gasteiger partial charge < -0.3 is 9.47 Å². The van der Waals surface area contributed by atoms with E-state index in [0.717, 1.165) is 5.56 Å². The van der Waals surface area contributed by atoms with Crippen molar-refractivity contribution in [3.63, 3.8) is 0 Å². The first-order valence-electron chi connectivity index (χ1n) is 9.04. The van der Waals surface area contributed by atoms with Crippen LogP contribution in [0.3, 0.4) is 0 Å². The second-order valence-electron chi connectivity index (χ2n) is 6.82. The van der Waals surface area contributed by atoms with E-state index in [1.165, 1.54) is 0 Å². The van der Waals surface area contributed by atoms with Crippen molar-refractivity contribution in [2.45, 2.75) is 32.3 Å². The van der Waals surface area contributed by atoms with Crippen LogP contribution in [0.1, 0.15) is 41.6 Å². The molecule has 0 saturated heterocycles. The Bertz CT molecular complexity index is 788. The number of carbonyl (C=O) groups excluding carboxylic acids is 3. The molecule has 2 aromatic carbocycles. The second kappa shape index (κ2) is 8.62. The number of carbonyl (C=O) groups is 3. The van der Waals surface area contributed by atoms with Gasteiger partial charge in [0.2, 0.25) is 0 Å². The van der Waals surface area contributed by atoms with Gasteiger partial charge in [-0.2, -0.15) is 0 Å². The number of hydrogen-bond acceptors (Lipinski definition) is 5. The van der Waals surface area contributed by atoms with Crippen molar-refractivity contribution < 1.29 is 23.9 Å². The largest absolute Gasteiger partial charge is 0.461 e. The normalized spacial score (nSPS) is 15.8. The quantitative estimate of drug-likeness (QED) is 0.729. The molecule has 27 heavy (non-hydrogen) atoms. The van der Waals surface area contributed by atoms with Crippen LogP contribution in [0.15, 0.2) is 60.7 Å². The average Bonchev–Trinajstić information content (AvgIpc) is 2.73. The van der Waals surface area contributed by atoms with Crippen LogP contribution in [0.25, 0.3) is 0 Å². The SMILES string of the molecule is O=C1CCC(COC(=O)c2ccccc2)(C(=O)OCc2ccccc2)CC1. The molecule has 1 fully saturated rings. The van der Waals surface area contributed by atoms with Crippen LogP contribution in [0.2, 0.25) is 0 Å². The van der Waals surface area contributed by atoms with E-state index in [-0.39, 0.29) is 19.0 Å². The monoisotopic (exact) mass is 366 g/mol. The Morgan fingerprint density at radius 2 is 1.44 bits per heavy atom. The summed E-state index contributed by atoms with van der Waals surface area (Å²) in [5.41, 5.74) is 0.346. The summed E-state index contributed by atoms with van der Waals surface area (Å²) in [7, 11) is 0. The standard InChI is InChI=1S/C22H22O5/c23-19-11-13-22(14-12-19,16-27-20(24)18-9-5-2-6-10-18)21(25)26-15-17-7-3-1-4-8-17/h1-10H,11-16H2. The van der Waals surface area contributed by atoms with Gasteiger partial charge >= 0.3 is 11.9 Å². The van der Waals surface area contributed by atoms with Crippen molar-refractivity contribution in [3.05, 3.63) is 71.8 Å². The number of hydrogen-bond donors (Lipinski definition) is 0. The molecule has 0 aliphatic heterocycles. The summed E-state index contributed by atoms with van der Waals surface area (Å²) in [6, 6.07) is 18.0. The van der Waals surface area contributed by atoms with Gasteiger partial charge in [-0.25, -0.2) is 4.79 Å². The minimum atomic E-state index is -0.965. The Balaban J connectivity index is 1.66. The highest BCUT2D eigenvalue weighted by atomic mass is 16.6. The molecule has 5 nitrogen and oxygen atoms in total. The lowest BCUT2D eigenvalue weighted by Gasteiger charge is -2.33. The number of rotatable bonds is 6. The molecule has 0 heterocycles. The number of benzene rings is 2. The van der Waals surface area contributed by atoms with Crippen molar-refractivity contribution in [1.29, 1.82) is 0 Å². The third-order valence-corrected chi connectivity index (χ3v) is 4.90. The fourth-order valence-corrected chi connectivity index (χ4v) is 3.15. The maximum Gasteiger partial charge on any atom is 0.338 e. The molecule has 1 aliphatic carbocycles. The van der Waals surface area contributed by atoms with E-state index in [9.17, 15) is 14.4 Å². The third-order valence-electron chi connectivity index (χ3n) is 4.90. The Labute approximate surface area is 158 Å². The van der Waals surface area contributed by atoms with Gasteiger partial charge in [0.25, 0.3) is 0 Å². The summed E-state index contributed by atoms with van der Waals surface area (Å²) in [4.78, 5) is 36.7. The molecule has 0 atom stereocenters. The Hall–Kier alpha value is -2.95. The lowest BCUT2D eigenvalue weighted by atomic mass is 9.74. The van der Waals surface area contributed by atoms with E-state index in [0.29, 0.717) is 31.2 Å². The fourth-order valence-electron chi connectivity index (χ4n) is 3.15. The van der Waals surface area contributed by atoms with Crippen LogP contribution in [0.4, 0.5) is 0 Å². The van der Waals surface area contributed by atoms with E-state index >= 15 is 0 Å². The van der Waals surface area contributed by atoms with E-state index in [2.05, 4.69) is 0 Å². The lowest BCUT2D eigenvalue weighted by molar-refractivity contribution is -0.163. The van der Waals surface area contributed by atoms with Crippen LogP contribution in [0, 0.1) is 5.41 Å². The van der Waals surface area contributed by atoms with Crippen molar-refractivity contribution >= 4 is 17.7 Å². The minimum absolute atomic E-state index is 0.0817. The molecule has 1 aliphatic rings.